The Morgan fingerprint density at radius 2 is 1.63 bits per heavy atom. The first kappa shape index (κ1) is 24.4. The Morgan fingerprint density at radius 1 is 0.943 bits per heavy atom. The Hall–Kier alpha value is -3.68. The molecule has 178 valence electrons. The van der Waals surface area contributed by atoms with Crippen LogP contribution in [0.15, 0.2) is 102 Å². The highest BCUT2D eigenvalue weighted by Crippen LogP contribution is 2.29. The maximum absolute atomic E-state index is 14.2. The van der Waals surface area contributed by atoms with Crippen LogP contribution in [0.3, 0.4) is 0 Å². The van der Waals surface area contributed by atoms with Crippen molar-refractivity contribution >= 4 is 22.4 Å². The molecule has 0 aliphatic heterocycles. The Balaban J connectivity index is 1.86. The maximum atomic E-state index is 14.2. The van der Waals surface area contributed by atoms with E-state index in [1.165, 1.54) is 12.1 Å². The number of halogens is 1. The number of rotatable bonds is 8. The molecule has 2 atom stereocenters. The number of aryl methyl sites for hydroxylation is 1. The van der Waals surface area contributed by atoms with Crippen molar-refractivity contribution in [2.24, 2.45) is 0 Å². The number of hydrogen-bond acceptors (Lipinski definition) is 4. The molecular formula is C28H27FN3O2S+. The molecule has 2 N–H and O–H groups in total. The van der Waals surface area contributed by atoms with Gasteiger partial charge in [0, 0.05) is 34.1 Å². The molecular weight excluding hydrogens is 461 g/mol. The predicted molar refractivity (Wildman–Crippen MR) is 136 cm³/mol. The quantitative estimate of drug-likeness (QED) is 0.272. The second-order valence-electron chi connectivity index (χ2n) is 8.63. The van der Waals surface area contributed by atoms with Crippen molar-refractivity contribution in [2.45, 2.75) is 24.9 Å². The van der Waals surface area contributed by atoms with Gasteiger partial charge < -0.3 is 5.73 Å². The van der Waals surface area contributed by atoms with E-state index in [0.717, 1.165) is 22.8 Å². The van der Waals surface area contributed by atoms with Gasteiger partial charge in [-0.25, -0.2) is 17.9 Å². The van der Waals surface area contributed by atoms with Gasteiger partial charge >= 0.3 is 5.91 Å². The van der Waals surface area contributed by atoms with Gasteiger partial charge in [0.05, 0.1) is 0 Å². The Kier molecular flexibility index (Phi) is 7.48. The summed E-state index contributed by atoms with van der Waals surface area (Å²) in [7, 11) is -1.52. The van der Waals surface area contributed by atoms with Crippen LogP contribution in [0.25, 0.3) is 0 Å². The first-order chi connectivity index (χ1) is 16.9. The van der Waals surface area contributed by atoms with Crippen LogP contribution >= 0.6 is 0 Å². The summed E-state index contributed by atoms with van der Waals surface area (Å²) in [5.74, 6) is -0.960. The highest BCUT2D eigenvalue weighted by atomic mass is 32.2. The van der Waals surface area contributed by atoms with Gasteiger partial charge in [0.15, 0.2) is 5.88 Å². The number of nitrogens with two attached hydrogens (primary N) is 1. The minimum absolute atomic E-state index is 0.0123. The molecule has 4 rings (SSSR count). The highest BCUT2D eigenvalue weighted by molar-refractivity contribution is 7.84. The zero-order valence-corrected chi connectivity index (χ0v) is 20.2. The summed E-state index contributed by atoms with van der Waals surface area (Å²) in [5.41, 5.74) is 9.14. The number of pyridine rings is 1. The fraction of sp³-hybridized carbons (Fsp3) is 0.143. The average Bonchev–Trinajstić information content (AvgIpc) is 2.86. The van der Waals surface area contributed by atoms with Gasteiger partial charge in [0.2, 0.25) is 0 Å². The van der Waals surface area contributed by atoms with Gasteiger partial charge in [0.25, 0.3) is 0 Å². The highest BCUT2D eigenvalue weighted by Gasteiger charge is 2.41. The Morgan fingerprint density at radius 3 is 2.31 bits per heavy atom. The lowest BCUT2D eigenvalue weighted by Gasteiger charge is -2.36. The van der Waals surface area contributed by atoms with Crippen molar-refractivity contribution in [3.8, 4) is 0 Å². The zero-order valence-electron chi connectivity index (χ0n) is 19.4. The Bertz CT molecular complexity index is 1290. The summed E-state index contributed by atoms with van der Waals surface area (Å²) in [4.78, 5) is 19.1. The molecule has 4 aromatic rings. The van der Waals surface area contributed by atoms with E-state index < -0.39 is 22.5 Å². The monoisotopic (exact) mass is 488 g/mol. The van der Waals surface area contributed by atoms with E-state index >= 15 is 0 Å². The molecule has 3 aromatic carbocycles. The zero-order chi connectivity index (χ0) is 24.8. The van der Waals surface area contributed by atoms with Gasteiger partial charge in [-0.1, -0.05) is 54.1 Å². The molecule has 2 unspecified atom stereocenters. The molecule has 0 radical (unpaired) electrons. The van der Waals surface area contributed by atoms with E-state index in [1.807, 2.05) is 67.6 Å². The minimum Gasteiger partial charge on any atom is -0.398 e. The molecule has 0 bridgehead atoms. The summed E-state index contributed by atoms with van der Waals surface area (Å²) >= 11 is 0. The summed E-state index contributed by atoms with van der Waals surface area (Å²) in [6, 6.07) is 24.4. The van der Waals surface area contributed by atoms with Crippen LogP contribution < -0.4 is 5.73 Å². The van der Waals surface area contributed by atoms with Crippen molar-refractivity contribution in [2.75, 3.05) is 11.6 Å². The predicted octanol–water partition coefficient (Wildman–Crippen LogP) is 5.23. The first-order valence-electron chi connectivity index (χ1n) is 11.2. The van der Waals surface area contributed by atoms with E-state index in [4.69, 9.17) is 5.73 Å². The summed E-state index contributed by atoms with van der Waals surface area (Å²) in [5, 5.41) is 0. The van der Waals surface area contributed by atoms with Crippen LogP contribution in [0, 0.1) is 12.7 Å². The number of anilines is 1. The molecule has 0 saturated heterocycles. The molecule has 1 aromatic heterocycles. The van der Waals surface area contributed by atoms with Crippen LogP contribution in [-0.2, 0) is 23.9 Å². The molecule has 35 heavy (non-hydrogen) atoms. The van der Waals surface area contributed by atoms with Gasteiger partial charge in [-0.05, 0) is 43.3 Å². The maximum Gasteiger partial charge on any atom is 0.349 e. The van der Waals surface area contributed by atoms with Gasteiger partial charge in [-0.15, -0.1) is 0 Å². The number of hydrogen-bond donors (Lipinski definition) is 1. The largest absolute Gasteiger partial charge is 0.398 e. The van der Waals surface area contributed by atoms with E-state index in [0.29, 0.717) is 4.90 Å². The third-order valence-electron chi connectivity index (χ3n) is 5.86. The van der Waals surface area contributed by atoms with Crippen molar-refractivity contribution in [1.29, 1.82) is 0 Å². The van der Waals surface area contributed by atoms with Crippen LogP contribution in [0.1, 0.15) is 27.0 Å². The third-order valence-corrected chi connectivity index (χ3v) is 7.39. The van der Waals surface area contributed by atoms with Crippen LogP contribution in [-0.4, -0.2) is 25.5 Å². The van der Waals surface area contributed by atoms with Gasteiger partial charge in [0.1, 0.15) is 35.3 Å². The average molecular weight is 489 g/mol. The molecule has 0 aliphatic carbocycles. The van der Waals surface area contributed by atoms with Crippen molar-refractivity contribution in [3.63, 3.8) is 0 Å². The molecule has 0 fully saturated rings. The van der Waals surface area contributed by atoms with Crippen molar-refractivity contribution in [3.05, 3.63) is 125 Å². The van der Waals surface area contributed by atoms with Crippen LogP contribution in [0.4, 0.5) is 10.1 Å². The van der Waals surface area contributed by atoms with E-state index in [-0.39, 0.29) is 34.7 Å². The molecule has 1 amide bonds. The lowest BCUT2D eigenvalue weighted by molar-refractivity contribution is -0.863. The summed E-state index contributed by atoms with van der Waals surface area (Å²) in [6.45, 7) is 2.43. The normalized spacial score (nSPS) is 13.7. The minimum atomic E-state index is -1.52. The summed E-state index contributed by atoms with van der Waals surface area (Å²) < 4.78 is 27.6. The number of carbonyl (C=O) groups is 1. The fourth-order valence-corrected chi connectivity index (χ4v) is 5.42. The van der Waals surface area contributed by atoms with Crippen molar-refractivity contribution < 1.29 is 17.9 Å². The number of carbonyl (C=O) groups excluding carboxylic acids is 1. The van der Waals surface area contributed by atoms with Crippen molar-refractivity contribution in [1.82, 2.24) is 4.98 Å². The summed E-state index contributed by atoms with van der Waals surface area (Å²) in [6.07, 6.45) is 3.35. The molecule has 0 aliphatic rings. The number of aromatic nitrogens is 1. The van der Waals surface area contributed by atoms with E-state index in [1.54, 1.807) is 18.5 Å². The fourth-order valence-electron chi connectivity index (χ4n) is 4.08. The van der Waals surface area contributed by atoms with Crippen LogP contribution in [0.5, 0.6) is 0 Å². The van der Waals surface area contributed by atoms with E-state index in [9.17, 15) is 13.4 Å². The topological polar surface area (TPSA) is 73.0 Å². The third kappa shape index (κ3) is 5.88. The standard InChI is InChI=1S/C28H26FN3O2S/c1-21-9-12-25(13-10-21)35(34)20-32(18-22-6-3-2-4-7-22,19-23-8-5-15-31-17-23)28(33)26-16-24(29)11-14-27(26)30/h2-17H,18-20H2,1H3,(H-,30,33)/p+1. The number of amides is 1. The number of nitrogen functional groups attached to an aromatic ring is 1. The smallest absolute Gasteiger partial charge is 0.349 e. The molecule has 5 nitrogen and oxygen atoms in total. The molecule has 7 heteroatoms. The lowest BCUT2D eigenvalue weighted by atomic mass is 10.1. The number of quaternary nitrogens is 1. The number of nitrogens with zero attached hydrogens (tertiary/aromatic N) is 2. The second-order valence-corrected chi connectivity index (χ2v) is 10.1. The van der Waals surface area contributed by atoms with Gasteiger partial charge in [-0.2, -0.15) is 0 Å². The van der Waals surface area contributed by atoms with Crippen LogP contribution in [0.2, 0.25) is 0 Å². The van der Waals surface area contributed by atoms with E-state index in [2.05, 4.69) is 4.98 Å². The second kappa shape index (κ2) is 10.7. The number of benzene rings is 3. The Labute approximate surface area is 207 Å². The molecule has 1 heterocycles. The SMILES string of the molecule is Cc1ccc(S(=O)C[N+](Cc2ccccc2)(Cc2cccnc2)C(=O)c2cc(F)ccc2N)cc1. The molecule has 0 spiro atoms. The van der Waals surface area contributed by atoms with Gasteiger partial charge in [-0.3, -0.25) is 4.98 Å². The molecule has 0 saturated carbocycles. The lowest BCUT2D eigenvalue weighted by Crippen LogP contribution is -2.53. The first-order valence-corrected chi connectivity index (χ1v) is 12.5.